The van der Waals surface area contributed by atoms with E-state index >= 15 is 0 Å². The van der Waals surface area contributed by atoms with Crippen molar-refractivity contribution in [3.05, 3.63) is 74.7 Å². The minimum atomic E-state index is -0.189. The highest BCUT2D eigenvalue weighted by molar-refractivity contribution is 5.77. The summed E-state index contributed by atoms with van der Waals surface area (Å²) in [6.07, 6.45) is 1.70. The first-order valence-corrected chi connectivity index (χ1v) is 6.28. The Labute approximate surface area is 114 Å². The molecule has 0 bridgehead atoms. The molecular formula is C15H13N3O2. The number of pyridine rings is 1. The van der Waals surface area contributed by atoms with Crippen molar-refractivity contribution < 1.29 is 0 Å². The van der Waals surface area contributed by atoms with Crippen molar-refractivity contribution in [2.24, 2.45) is 0 Å². The van der Waals surface area contributed by atoms with Crippen molar-refractivity contribution in [1.82, 2.24) is 14.5 Å². The number of aryl methyl sites for hydroxylation is 1. The number of nitrogens with one attached hydrogen (secondary N) is 1. The van der Waals surface area contributed by atoms with E-state index < -0.39 is 0 Å². The van der Waals surface area contributed by atoms with Gasteiger partial charge in [-0.2, -0.15) is 0 Å². The van der Waals surface area contributed by atoms with E-state index in [0.717, 1.165) is 5.56 Å². The molecule has 0 spiro atoms. The summed E-state index contributed by atoms with van der Waals surface area (Å²) in [7, 11) is 0. The highest BCUT2D eigenvalue weighted by Gasteiger charge is 2.04. The summed E-state index contributed by atoms with van der Waals surface area (Å²) >= 11 is 0. The van der Waals surface area contributed by atoms with E-state index in [2.05, 4.69) is 9.97 Å². The monoisotopic (exact) mass is 267 g/mol. The van der Waals surface area contributed by atoms with E-state index in [4.69, 9.17) is 0 Å². The number of rotatable bonds is 2. The van der Waals surface area contributed by atoms with Crippen LogP contribution in [0.2, 0.25) is 0 Å². The highest BCUT2D eigenvalue weighted by Crippen LogP contribution is 2.06. The second-order valence-corrected chi connectivity index (χ2v) is 4.70. The highest BCUT2D eigenvalue weighted by atomic mass is 16.1. The normalized spacial score (nSPS) is 10.8. The largest absolute Gasteiger partial charge is 0.308 e. The number of aromatic nitrogens is 3. The molecule has 1 N–H and O–H groups in total. The maximum atomic E-state index is 11.9. The number of para-hydroxylation sites is 1. The molecule has 0 atom stereocenters. The molecule has 1 aromatic carbocycles. The summed E-state index contributed by atoms with van der Waals surface area (Å²) in [5, 5.41) is 0.549. The summed E-state index contributed by atoms with van der Waals surface area (Å²) in [5.41, 5.74) is 1.24. The third-order valence-corrected chi connectivity index (χ3v) is 3.13. The van der Waals surface area contributed by atoms with Crippen LogP contribution in [-0.4, -0.2) is 14.5 Å². The fourth-order valence-corrected chi connectivity index (χ4v) is 2.11. The third kappa shape index (κ3) is 2.25. The van der Waals surface area contributed by atoms with E-state index in [-0.39, 0.29) is 17.7 Å². The predicted octanol–water partition coefficient (Wildman–Crippen LogP) is 1.44. The van der Waals surface area contributed by atoms with Crippen molar-refractivity contribution in [2.45, 2.75) is 13.5 Å². The van der Waals surface area contributed by atoms with Gasteiger partial charge in [-0.3, -0.25) is 9.59 Å². The van der Waals surface area contributed by atoms with Crippen LogP contribution >= 0.6 is 0 Å². The van der Waals surface area contributed by atoms with Crippen molar-refractivity contribution in [3.63, 3.8) is 0 Å². The van der Waals surface area contributed by atoms with Gasteiger partial charge < -0.3 is 9.55 Å². The molecular weight excluding hydrogens is 254 g/mol. The van der Waals surface area contributed by atoms with Crippen molar-refractivity contribution in [3.8, 4) is 0 Å². The number of benzene rings is 1. The first kappa shape index (κ1) is 12.3. The number of hydrogen-bond donors (Lipinski definition) is 1. The zero-order valence-electron chi connectivity index (χ0n) is 11.0. The maximum absolute atomic E-state index is 11.9. The summed E-state index contributed by atoms with van der Waals surface area (Å²) in [6.45, 7) is 2.11. The van der Waals surface area contributed by atoms with Crippen LogP contribution in [0.1, 0.15) is 11.4 Å². The van der Waals surface area contributed by atoms with Crippen molar-refractivity contribution >= 4 is 10.9 Å². The zero-order chi connectivity index (χ0) is 14.1. The molecule has 0 aliphatic rings. The van der Waals surface area contributed by atoms with Gasteiger partial charge in [-0.25, -0.2) is 4.98 Å². The van der Waals surface area contributed by atoms with Crippen LogP contribution in [0.15, 0.2) is 52.2 Å². The third-order valence-electron chi connectivity index (χ3n) is 3.13. The molecule has 2 aromatic heterocycles. The number of aromatic amines is 1. The molecule has 0 unspecified atom stereocenters. The first-order valence-electron chi connectivity index (χ1n) is 6.28. The molecule has 2 heterocycles. The van der Waals surface area contributed by atoms with Crippen LogP contribution in [-0.2, 0) is 6.54 Å². The molecule has 0 aliphatic heterocycles. The lowest BCUT2D eigenvalue weighted by molar-refractivity contribution is 0.714. The lowest BCUT2D eigenvalue weighted by Crippen LogP contribution is -2.22. The quantitative estimate of drug-likeness (QED) is 0.764. The lowest BCUT2D eigenvalue weighted by atomic mass is 10.2. The molecule has 0 aliphatic carbocycles. The minimum absolute atomic E-state index is 0.110. The van der Waals surface area contributed by atoms with Gasteiger partial charge in [-0.05, 0) is 30.7 Å². The molecule has 0 saturated carbocycles. The molecule has 0 saturated heterocycles. The molecule has 3 rings (SSSR count). The number of nitrogens with zero attached hydrogens (tertiary/aromatic N) is 2. The van der Waals surface area contributed by atoms with Crippen LogP contribution in [0.4, 0.5) is 0 Å². The Bertz CT molecular complexity index is 893. The van der Waals surface area contributed by atoms with Crippen LogP contribution in [0.25, 0.3) is 10.9 Å². The summed E-state index contributed by atoms with van der Waals surface area (Å²) < 4.78 is 1.51. The van der Waals surface area contributed by atoms with Gasteiger partial charge in [0.1, 0.15) is 5.82 Å². The smallest absolute Gasteiger partial charge is 0.258 e. The van der Waals surface area contributed by atoms with Gasteiger partial charge >= 0.3 is 0 Å². The Kier molecular flexibility index (Phi) is 2.95. The molecule has 5 nitrogen and oxygen atoms in total. The Morgan fingerprint density at radius 2 is 2.00 bits per heavy atom. The van der Waals surface area contributed by atoms with E-state index in [9.17, 15) is 9.59 Å². The van der Waals surface area contributed by atoms with Crippen LogP contribution in [0.5, 0.6) is 0 Å². The van der Waals surface area contributed by atoms with Gasteiger partial charge in [-0.15, -0.1) is 0 Å². The Hall–Kier alpha value is -2.69. The van der Waals surface area contributed by atoms with E-state index in [1.54, 1.807) is 30.5 Å². The Balaban J connectivity index is 2.07. The van der Waals surface area contributed by atoms with Crippen molar-refractivity contribution in [1.29, 1.82) is 0 Å². The Morgan fingerprint density at radius 3 is 2.80 bits per heavy atom. The zero-order valence-corrected chi connectivity index (χ0v) is 11.0. The second kappa shape index (κ2) is 4.77. The fraction of sp³-hybridized carbons (Fsp3) is 0.133. The second-order valence-electron chi connectivity index (χ2n) is 4.70. The average Bonchev–Trinajstić information content (AvgIpc) is 2.42. The minimum Gasteiger partial charge on any atom is -0.308 e. The van der Waals surface area contributed by atoms with Crippen LogP contribution in [0, 0.1) is 6.92 Å². The standard InChI is InChI=1S/C15H13N3O2/c1-10-6-7-18(14(19)8-10)9-13-16-12-5-3-2-4-11(12)15(20)17-13/h2-8H,9H2,1H3,(H,16,17,20). The van der Waals surface area contributed by atoms with E-state index in [0.29, 0.717) is 16.7 Å². The van der Waals surface area contributed by atoms with Gasteiger partial charge in [-0.1, -0.05) is 12.1 Å². The molecule has 100 valence electrons. The molecule has 0 amide bonds. The van der Waals surface area contributed by atoms with Gasteiger partial charge in [0.25, 0.3) is 11.1 Å². The SMILES string of the molecule is Cc1ccn(Cc2nc3ccccc3c(=O)[nH]2)c(=O)c1. The van der Waals surface area contributed by atoms with E-state index in [1.165, 1.54) is 4.57 Å². The fourth-order valence-electron chi connectivity index (χ4n) is 2.11. The van der Waals surface area contributed by atoms with E-state index in [1.807, 2.05) is 19.1 Å². The number of fused-ring (bicyclic) bond motifs is 1. The maximum Gasteiger partial charge on any atom is 0.258 e. The number of H-pyrrole nitrogens is 1. The molecule has 0 fully saturated rings. The summed E-state index contributed by atoms with van der Waals surface area (Å²) in [6, 6.07) is 10.5. The number of hydrogen-bond acceptors (Lipinski definition) is 3. The predicted molar refractivity (Wildman–Crippen MR) is 76.9 cm³/mol. The molecule has 3 aromatic rings. The van der Waals surface area contributed by atoms with Crippen LogP contribution < -0.4 is 11.1 Å². The molecule has 5 heteroatoms. The van der Waals surface area contributed by atoms with Gasteiger partial charge in [0, 0.05) is 12.3 Å². The topological polar surface area (TPSA) is 67.8 Å². The summed E-state index contributed by atoms with van der Waals surface area (Å²) in [4.78, 5) is 30.9. The van der Waals surface area contributed by atoms with Gasteiger partial charge in [0.05, 0.1) is 17.4 Å². The molecule has 20 heavy (non-hydrogen) atoms. The van der Waals surface area contributed by atoms with Crippen LogP contribution in [0.3, 0.4) is 0 Å². The van der Waals surface area contributed by atoms with Gasteiger partial charge in [0.2, 0.25) is 0 Å². The lowest BCUT2D eigenvalue weighted by Gasteiger charge is -2.06. The van der Waals surface area contributed by atoms with Gasteiger partial charge in [0.15, 0.2) is 0 Å². The Morgan fingerprint density at radius 1 is 1.20 bits per heavy atom. The first-order chi connectivity index (χ1) is 9.63. The average molecular weight is 267 g/mol. The molecule has 0 radical (unpaired) electrons. The summed E-state index contributed by atoms with van der Waals surface area (Å²) in [5.74, 6) is 0.472. The van der Waals surface area contributed by atoms with Crippen molar-refractivity contribution in [2.75, 3.05) is 0 Å².